The topological polar surface area (TPSA) is 28.2 Å². The molecule has 1 N–H and O–H groups in total. The van der Waals surface area contributed by atoms with E-state index in [-0.39, 0.29) is 0 Å². The Kier molecular flexibility index (Phi) is 4.46. The molecule has 104 valence electrons. The molecule has 3 nitrogen and oxygen atoms in total. The molecule has 19 heavy (non-hydrogen) atoms. The zero-order valence-corrected chi connectivity index (χ0v) is 11.7. The summed E-state index contributed by atoms with van der Waals surface area (Å²) in [6, 6.07) is 5.12. The maximum Gasteiger partial charge on any atom is 0.0270 e. The Morgan fingerprint density at radius 2 is 2.05 bits per heavy atom. The predicted molar refractivity (Wildman–Crippen MR) is 78.1 cm³/mol. The number of pyridine rings is 1. The molecule has 0 amide bonds. The van der Waals surface area contributed by atoms with Crippen LogP contribution < -0.4 is 5.32 Å². The van der Waals surface area contributed by atoms with Gasteiger partial charge in [-0.1, -0.05) is 0 Å². The van der Waals surface area contributed by atoms with Crippen molar-refractivity contribution < 1.29 is 0 Å². The van der Waals surface area contributed by atoms with E-state index in [4.69, 9.17) is 0 Å². The molecular formula is C16H25N3. The summed E-state index contributed by atoms with van der Waals surface area (Å²) in [6.07, 6.45) is 10.5. The maximum atomic E-state index is 4.08. The van der Waals surface area contributed by atoms with E-state index in [1.165, 1.54) is 57.4 Å². The monoisotopic (exact) mass is 259 g/mol. The summed E-state index contributed by atoms with van der Waals surface area (Å²) in [5, 5.41) is 3.69. The van der Waals surface area contributed by atoms with Crippen LogP contribution in [-0.4, -0.2) is 42.1 Å². The van der Waals surface area contributed by atoms with Gasteiger partial charge in [0.15, 0.2) is 0 Å². The number of piperidine rings is 1. The van der Waals surface area contributed by atoms with E-state index in [1.807, 2.05) is 12.4 Å². The third-order valence-electron chi connectivity index (χ3n) is 4.34. The Hall–Kier alpha value is -0.930. The lowest BCUT2D eigenvalue weighted by Gasteiger charge is -2.33. The molecule has 1 saturated heterocycles. The Morgan fingerprint density at radius 3 is 2.84 bits per heavy atom. The quantitative estimate of drug-likeness (QED) is 0.848. The second-order valence-electron chi connectivity index (χ2n) is 6.10. The van der Waals surface area contributed by atoms with E-state index in [9.17, 15) is 0 Å². The molecule has 1 aliphatic heterocycles. The minimum Gasteiger partial charge on any atom is -0.314 e. The van der Waals surface area contributed by atoms with Crippen LogP contribution in [0.3, 0.4) is 0 Å². The van der Waals surface area contributed by atoms with Crippen LogP contribution in [0.1, 0.15) is 31.2 Å². The molecule has 0 aromatic carbocycles. The van der Waals surface area contributed by atoms with Crippen molar-refractivity contribution in [3.05, 3.63) is 30.1 Å². The van der Waals surface area contributed by atoms with Gasteiger partial charge in [0.1, 0.15) is 0 Å². The zero-order chi connectivity index (χ0) is 12.9. The van der Waals surface area contributed by atoms with Gasteiger partial charge in [-0.2, -0.15) is 0 Å². The van der Waals surface area contributed by atoms with E-state index in [2.05, 4.69) is 27.3 Å². The predicted octanol–water partition coefficient (Wildman–Crippen LogP) is 2.09. The van der Waals surface area contributed by atoms with Crippen molar-refractivity contribution in [2.24, 2.45) is 5.92 Å². The third-order valence-corrected chi connectivity index (χ3v) is 4.34. The average molecular weight is 259 g/mol. The van der Waals surface area contributed by atoms with Gasteiger partial charge in [-0.05, 0) is 68.8 Å². The van der Waals surface area contributed by atoms with Crippen LogP contribution >= 0.6 is 0 Å². The van der Waals surface area contributed by atoms with Crippen LogP contribution in [0.15, 0.2) is 24.5 Å². The number of nitrogens with zero attached hydrogens (tertiary/aromatic N) is 2. The molecule has 1 saturated carbocycles. The molecule has 0 spiro atoms. The Bertz CT molecular complexity index is 375. The lowest BCUT2D eigenvalue weighted by atomic mass is 9.97. The standard InChI is InChI=1S/C16H25N3/c1-2-15(12-18-16-3-4-16)13-19(10-1)11-7-14-5-8-17-9-6-14/h5-6,8-9,15-16,18H,1-4,7,10-13H2. The highest BCUT2D eigenvalue weighted by atomic mass is 15.1. The number of hydrogen-bond acceptors (Lipinski definition) is 3. The number of rotatable bonds is 6. The first-order valence-corrected chi connectivity index (χ1v) is 7.75. The first kappa shape index (κ1) is 13.1. The van der Waals surface area contributed by atoms with Gasteiger partial charge in [0.25, 0.3) is 0 Å². The zero-order valence-electron chi connectivity index (χ0n) is 11.7. The summed E-state index contributed by atoms with van der Waals surface area (Å²) in [4.78, 5) is 6.72. The fraction of sp³-hybridized carbons (Fsp3) is 0.688. The largest absolute Gasteiger partial charge is 0.314 e. The molecule has 1 unspecified atom stereocenters. The molecule has 2 aliphatic rings. The van der Waals surface area contributed by atoms with Crippen molar-refractivity contribution >= 4 is 0 Å². The van der Waals surface area contributed by atoms with Crippen molar-refractivity contribution in [2.45, 2.75) is 38.1 Å². The molecule has 3 heteroatoms. The summed E-state index contributed by atoms with van der Waals surface area (Å²) >= 11 is 0. The third kappa shape index (κ3) is 4.29. The van der Waals surface area contributed by atoms with Crippen LogP contribution in [0.5, 0.6) is 0 Å². The molecule has 1 atom stereocenters. The highest BCUT2D eigenvalue weighted by Gasteiger charge is 2.24. The molecule has 1 aliphatic carbocycles. The van der Waals surface area contributed by atoms with E-state index in [0.717, 1.165) is 18.4 Å². The van der Waals surface area contributed by atoms with E-state index >= 15 is 0 Å². The smallest absolute Gasteiger partial charge is 0.0270 e. The van der Waals surface area contributed by atoms with Crippen LogP contribution in [0.4, 0.5) is 0 Å². The molecule has 0 bridgehead atoms. The number of aromatic nitrogens is 1. The molecule has 1 aromatic rings. The second-order valence-corrected chi connectivity index (χ2v) is 6.10. The van der Waals surface area contributed by atoms with E-state index in [1.54, 1.807) is 0 Å². The molecule has 2 fully saturated rings. The van der Waals surface area contributed by atoms with Gasteiger partial charge in [0, 0.05) is 31.5 Å². The van der Waals surface area contributed by atoms with Crippen LogP contribution in [-0.2, 0) is 6.42 Å². The maximum absolute atomic E-state index is 4.08. The van der Waals surface area contributed by atoms with Crippen LogP contribution in [0, 0.1) is 5.92 Å². The molecule has 1 aromatic heterocycles. The normalized spacial score (nSPS) is 24.5. The van der Waals surface area contributed by atoms with Crippen LogP contribution in [0.25, 0.3) is 0 Å². The van der Waals surface area contributed by atoms with Gasteiger partial charge in [0.2, 0.25) is 0 Å². The second kappa shape index (κ2) is 6.49. The van der Waals surface area contributed by atoms with Crippen molar-refractivity contribution in [2.75, 3.05) is 26.2 Å². The first-order valence-electron chi connectivity index (χ1n) is 7.75. The van der Waals surface area contributed by atoms with Gasteiger partial charge in [-0.15, -0.1) is 0 Å². The van der Waals surface area contributed by atoms with Gasteiger partial charge >= 0.3 is 0 Å². The Labute approximate surface area is 116 Å². The fourth-order valence-electron chi connectivity index (χ4n) is 2.98. The summed E-state index contributed by atoms with van der Waals surface area (Å²) in [5.41, 5.74) is 1.41. The van der Waals surface area contributed by atoms with Gasteiger partial charge in [-0.25, -0.2) is 0 Å². The van der Waals surface area contributed by atoms with E-state index in [0.29, 0.717) is 0 Å². The summed E-state index contributed by atoms with van der Waals surface area (Å²) in [7, 11) is 0. The SMILES string of the molecule is c1cc(CCN2CCCC(CNC3CC3)C2)ccn1. The van der Waals surface area contributed by atoms with Crippen LogP contribution in [0.2, 0.25) is 0 Å². The number of likely N-dealkylation sites (tertiary alicyclic amines) is 1. The molecule has 3 rings (SSSR count). The minimum atomic E-state index is 0.854. The van der Waals surface area contributed by atoms with Gasteiger partial charge in [0.05, 0.1) is 0 Å². The molecule has 2 heterocycles. The van der Waals surface area contributed by atoms with Crippen molar-refractivity contribution in [1.29, 1.82) is 0 Å². The van der Waals surface area contributed by atoms with E-state index < -0.39 is 0 Å². The highest BCUT2D eigenvalue weighted by molar-refractivity contribution is 5.09. The summed E-state index contributed by atoms with van der Waals surface area (Å²) in [6.45, 7) is 5.00. The summed E-state index contributed by atoms with van der Waals surface area (Å²) in [5.74, 6) is 0.867. The Balaban J connectivity index is 1.40. The Morgan fingerprint density at radius 1 is 1.21 bits per heavy atom. The fourth-order valence-corrected chi connectivity index (χ4v) is 2.98. The molecular weight excluding hydrogens is 234 g/mol. The minimum absolute atomic E-state index is 0.854. The van der Waals surface area contributed by atoms with Crippen molar-refractivity contribution in [3.63, 3.8) is 0 Å². The first-order chi connectivity index (χ1) is 9.40. The van der Waals surface area contributed by atoms with Crippen molar-refractivity contribution in [3.8, 4) is 0 Å². The lowest BCUT2D eigenvalue weighted by Crippen LogP contribution is -2.40. The van der Waals surface area contributed by atoms with Gasteiger partial charge in [-0.3, -0.25) is 4.98 Å². The molecule has 0 radical (unpaired) electrons. The number of nitrogens with one attached hydrogen (secondary N) is 1. The average Bonchev–Trinajstić information content (AvgIpc) is 3.29. The highest BCUT2D eigenvalue weighted by Crippen LogP contribution is 2.21. The van der Waals surface area contributed by atoms with Crippen molar-refractivity contribution in [1.82, 2.24) is 15.2 Å². The summed E-state index contributed by atoms with van der Waals surface area (Å²) < 4.78 is 0. The number of hydrogen-bond donors (Lipinski definition) is 1. The van der Waals surface area contributed by atoms with Gasteiger partial charge < -0.3 is 10.2 Å². The lowest BCUT2D eigenvalue weighted by molar-refractivity contribution is 0.174.